The molecule has 0 aliphatic heterocycles. The van der Waals surface area contributed by atoms with Gasteiger partial charge in [-0.3, -0.25) is 19.0 Å². The third kappa shape index (κ3) is 6.41. The molecule has 2 amide bonds. The van der Waals surface area contributed by atoms with Crippen molar-refractivity contribution in [3.63, 3.8) is 0 Å². The molecule has 0 fully saturated rings. The van der Waals surface area contributed by atoms with Crippen molar-refractivity contribution in [1.82, 2.24) is 15.1 Å². The fraction of sp³-hybridized carbons (Fsp3) is 0.190. The third-order valence-corrected chi connectivity index (χ3v) is 4.92. The van der Waals surface area contributed by atoms with Crippen molar-refractivity contribution in [2.75, 3.05) is 16.3 Å². The van der Waals surface area contributed by atoms with E-state index in [1.807, 2.05) is 36.5 Å². The van der Waals surface area contributed by atoms with Crippen molar-refractivity contribution in [3.8, 4) is 0 Å². The number of benzene rings is 2. The van der Waals surface area contributed by atoms with Gasteiger partial charge in [0.15, 0.2) is 0 Å². The molecule has 0 atom stereocenters. The Labute approximate surface area is 180 Å². The van der Waals surface area contributed by atoms with Crippen molar-refractivity contribution in [2.24, 2.45) is 0 Å². The predicted octanol–water partition coefficient (Wildman–Crippen LogP) is 2.19. The number of carbonyl (C=O) groups excluding carboxylic acids is 2. The minimum atomic E-state index is -3.60. The lowest BCUT2D eigenvalue weighted by atomic mass is 10.1. The van der Waals surface area contributed by atoms with Gasteiger partial charge in [0.1, 0.15) is 0 Å². The summed E-state index contributed by atoms with van der Waals surface area (Å²) in [5, 5.41) is 9.62. The summed E-state index contributed by atoms with van der Waals surface area (Å²) in [5.74, 6) is -0.782. The van der Waals surface area contributed by atoms with Gasteiger partial charge in [0.25, 0.3) is 5.91 Å². The van der Waals surface area contributed by atoms with Gasteiger partial charge in [0, 0.05) is 31.5 Å². The standard InChI is InChI=1S/C21H23N5O4S/c1-15(27)24-18-8-9-20(25-31(2,29)30)19(12-18)21(28)22-13-16-6-3-4-7-17(16)14-26-11-5-10-23-26/h3-12,25H,13-14H2,1-2H3,(H,22,28)(H,24,27). The van der Waals surface area contributed by atoms with E-state index in [0.29, 0.717) is 12.2 Å². The Balaban J connectivity index is 1.82. The Morgan fingerprint density at radius 3 is 2.45 bits per heavy atom. The maximum absolute atomic E-state index is 12.9. The first-order valence-electron chi connectivity index (χ1n) is 9.43. The first-order chi connectivity index (χ1) is 14.7. The van der Waals surface area contributed by atoms with Crippen molar-refractivity contribution in [1.29, 1.82) is 0 Å². The zero-order valence-corrected chi connectivity index (χ0v) is 17.9. The number of carbonyl (C=O) groups is 2. The Bertz CT molecular complexity index is 1190. The summed E-state index contributed by atoms with van der Waals surface area (Å²) in [6.07, 6.45) is 4.55. The number of nitrogens with one attached hydrogen (secondary N) is 3. The van der Waals surface area contributed by atoms with Gasteiger partial charge in [0.05, 0.1) is 24.1 Å². The highest BCUT2D eigenvalue weighted by atomic mass is 32.2. The van der Waals surface area contributed by atoms with Crippen LogP contribution in [0.5, 0.6) is 0 Å². The summed E-state index contributed by atoms with van der Waals surface area (Å²) in [7, 11) is -3.60. The smallest absolute Gasteiger partial charge is 0.253 e. The van der Waals surface area contributed by atoms with E-state index >= 15 is 0 Å². The number of anilines is 2. The van der Waals surface area contributed by atoms with Crippen LogP contribution in [0.15, 0.2) is 60.9 Å². The van der Waals surface area contributed by atoms with Gasteiger partial charge in [-0.15, -0.1) is 0 Å². The molecule has 1 heterocycles. The average molecular weight is 442 g/mol. The van der Waals surface area contributed by atoms with Crippen molar-refractivity contribution < 1.29 is 18.0 Å². The van der Waals surface area contributed by atoms with Crippen LogP contribution in [0.2, 0.25) is 0 Å². The van der Waals surface area contributed by atoms with Crippen LogP contribution in [-0.4, -0.2) is 36.3 Å². The summed E-state index contributed by atoms with van der Waals surface area (Å²) in [6, 6.07) is 13.9. The second-order valence-corrected chi connectivity index (χ2v) is 8.72. The van der Waals surface area contributed by atoms with Crippen LogP contribution in [0, 0.1) is 0 Å². The Hall–Kier alpha value is -3.66. The Morgan fingerprint density at radius 1 is 1.06 bits per heavy atom. The van der Waals surface area contributed by atoms with Gasteiger partial charge in [0.2, 0.25) is 15.9 Å². The van der Waals surface area contributed by atoms with Gasteiger partial charge < -0.3 is 10.6 Å². The predicted molar refractivity (Wildman–Crippen MR) is 118 cm³/mol. The average Bonchev–Trinajstić information content (AvgIpc) is 3.20. The molecule has 0 saturated heterocycles. The molecule has 9 nitrogen and oxygen atoms in total. The number of nitrogens with zero attached hydrogens (tertiary/aromatic N) is 2. The van der Waals surface area contributed by atoms with E-state index in [2.05, 4.69) is 20.5 Å². The lowest BCUT2D eigenvalue weighted by Gasteiger charge is -2.14. The lowest BCUT2D eigenvalue weighted by molar-refractivity contribution is -0.114. The van der Waals surface area contributed by atoms with Crippen LogP contribution >= 0.6 is 0 Å². The molecule has 0 aliphatic rings. The van der Waals surface area contributed by atoms with E-state index in [1.54, 1.807) is 10.9 Å². The minimum absolute atomic E-state index is 0.0984. The molecule has 0 bridgehead atoms. The molecule has 0 radical (unpaired) electrons. The number of hydrogen-bond acceptors (Lipinski definition) is 5. The quantitative estimate of drug-likeness (QED) is 0.495. The fourth-order valence-corrected chi connectivity index (χ4v) is 3.60. The molecule has 0 unspecified atom stereocenters. The first-order valence-corrected chi connectivity index (χ1v) is 11.3. The first kappa shape index (κ1) is 22.0. The topological polar surface area (TPSA) is 122 Å². The second-order valence-electron chi connectivity index (χ2n) is 6.97. The van der Waals surface area contributed by atoms with E-state index in [9.17, 15) is 18.0 Å². The summed E-state index contributed by atoms with van der Waals surface area (Å²) in [6.45, 7) is 2.13. The lowest BCUT2D eigenvalue weighted by Crippen LogP contribution is -2.25. The van der Waals surface area contributed by atoms with E-state index in [4.69, 9.17) is 0 Å². The monoisotopic (exact) mass is 441 g/mol. The minimum Gasteiger partial charge on any atom is -0.348 e. The van der Waals surface area contributed by atoms with Crippen LogP contribution in [0.4, 0.5) is 11.4 Å². The Morgan fingerprint density at radius 2 is 1.81 bits per heavy atom. The van der Waals surface area contributed by atoms with E-state index < -0.39 is 15.9 Å². The SMILES string of the molecule is CC(=O)Nc1ccc(NS(C)(=O)=O)c(C(=O)NCc2ccccc2Cn2cccn2)c1. The third-order valence-electron chi connectivity index (χ3n) is 4.33. The van der Waals surface area contributed by atoms with Gasteiger partial charge in [-0.05, 0) is 35.4 Å². The van der Waals surface area contributed by atoms with Crippen LogP contribution in [0.1, 0.15) is 28.4 Å². The zero-order chi connectivity index (χ0) is 22.4. The van der Waals surface area contributed by atoms with E-state index in [-0.39, 0.29) is 23.7 Å². The summed E-state index contributed by atoms with van der Waals surface area (Å²) < 4.78 is 27.5. The molecule has 162 valence electrons. The van der Waals surface area contributed by atoms with Gasteiger partial charge in [-0.25, -0.2) is 8.42 Å². The maximum atomic E-state index is 12.9. The molecule has 0 aliphatic carbocycles. The Kier molecular flexibility index (Phi) is 6.71. The number of amides is 2. The molecule has 2 aromatic carbocycles. The maximum Gasteiger partial charge on any atom is 0.253 e. The molecular weight excluding hydrogens is 418 g/mol. The van der Waals surface area contributed by atoms with Gasteiger partial charge in [-0.1, -0.05) is 24.3 Å². The fourth-order valence-electron chi connectivity index (χ4n) is 3.03. The normalized spacial score (nSPS) is 11.0. The van der Waals surface area contributed by atoms with Gasteiger partial charge in [-0.2, -0.15) is 5.10 Å². The summed E-state index contributed by atoms with van der Waals surface area (Å²) in [5.41, 5.74) is 2.51. The molecule has 3 aromatic rings. The highest BCUT2D eigenvalue weighted by Gasteiger charge is 2.16. The van der Waals surface area contributed by atoms with Crippen LogP contribution in [0.3, 0.4) is 0 Å². The highest BCUT2D eigenvalue weighted by Crippen LogP contribution is 2.22. The van der Waals surface area contributed by atoms with Gasteiger partial charge >= 0.3 is 0 Å². The second kappa shape index (κ2) is 9.43. The van der Waals surface area contributed by atoms with E-state index in [0.717, 1.165) is 17.4 Å². The molecule has 10 heteroatoms. The molecule has 1 aromatic heterocycles. The molecule has 3 N–H and O–H groups in total. The summed E-state index contributed by atoms with van der Waals surface area (Å²) in [4.78, 5) is 24.3. The largest absolute Gasteiger partial charge is 0.348 e. The number of rotatable bonds is 8. The molecule has 31 heavy (non-hydrogen) atoms. The van der Waals surface area contributed by atoms with Crippen molar-refractivity contribution in [2.45, 2.75) is 20.0 Å². The van der Waals surface area contributed by atoms with E-state index in [1.165, 1.54) is 25.1 Å². The highest BCUT2D eigenvalue weighted by molar-refractivity contribution is 7.92. The molecule has 3 rings (SSSR count). The van der Waals surface area contributed by atoms with Crippen LogP contribution in [-0.2, 0) is 27.9 Å². The van der Waals surface area contributed by atoms with Crippen LogP contribution < -0.4 is 15.4 Å². The number of hydrogen-bond donors (Lipinski definition) is 3. The summed E-state index contributed by atoms with van der Waals surface area (Å²) >= 11 is 0. The number of aromatic nitrogens is 2. The van der Waals surface area contributed by atoms with Crippen LogP contribution in [0.25, 0.3) is 0 Å². The van der Waals surface area contributed by atoms with Crippen molar-refractivity contribution >= 4 is 33.2 Å². The molecule has 0 spiro atoms. The van der Waals surface area contributed by atoms with Crippen molar-refractivity contribution in [3.05, 3.63) is 77.6 Å². The zero-order valence-electron chi connectivity index (χ0n) is 17.1. The molecule has 0 saturated carbocycles. The molecular formula is C21H23N5O4S. The number of sulfonamides is 1.